The van der Waals surface area contributed by atoms with Gasteiger partial charge in [-0.05, 0) is 67.6 Å². The molecule has 3 nitrogen and oxygen atoms in total. The Morgan fingerprint density at radius 3 is 2.00 bits per heavy atom. The molecular weight excluding hydrogens is 415 g/mol. The molecule has 0 atom stereocenters. The van der Waals surface area contributed by atoms with Gasteiger partial charge >= 0.3 is 6.97 Å². The van der Waals surface area contributed by atoms with Crippen molar-refractivity contribution in [3.63, 3.8) is 0 Å². The second-order valence-electron chi connectivity index (χ2n) is 8.95. The number of hydrogen-bond donors (Lipinski definition) is 0. The molecule has 33 heavy (non-hydrogen) atoms. The zero-order chi connectivity index (χ0) is 22.5. The highest BCUT2D eigenvalue weighted by atomic mass is 19.2. The van der Waals surface area contributed by atoms with Crippen molar-refractivity contribution < 1.29 is 13.1 Å². The number of para-hydroxylation sites is 2. The summed E-state index contributed by atoms with van der Waals surface area (Å²) in [4.78, 5) is 0. The molecule has 0 saturated heterocycles. The van der Waals surface area contributed by atoms with Gasteiger partial charge in [-0.3, -0.25) is 0 Å². The quantitative estimate of drug-likeness (QED) is 0.255. The molecule has 6 heteroatoms. The monoisotopic (exact) mass is 435 g/mol. The fraction of sp³-hybridized carbons (Fsp3) is 0.0741. The molecule has 0 bridgehead atoms. The molecule has 0 N–H and O–H groups in total. The van der Waals surface area contributed by atoms with Crippen LogP contribution in [0.3, 0.4) is 0 Å². The van der Waals surface area contributed by atoms with Crippen molar-refractivity contribution in [3.05, 3.63) is 107 Å². The summed E-state index contributed by atoms with van der Waals surface area (Å²) >= 11 is 0. The van der Waals surface area contributed by atoms with E-state index < -0.39 is 6.97 Å². The van der Waals surface area contributed by atoms with Gasteiger partial charge in [-0.15, -0.1) is 0 Å². The van der Waals surface area contributed by atoms with E-state index in [0.29, 0.717) is 22.9 Å². The van der Waals surface area contributed by atoms with Gasteiger partial charge in [0.05, 0.1) is 11.3 Å². The van der Waals surface area contributed by atoms with Crippen molar-refractivity contribution in [3.8, 4) is 0 Å². The second-order valence-corrected chi connectivity index (χ2v) is 8.95. The van der Waals surface area contributed by atoms with E-state index in [4.69, 9.17) is 0 Å². The Kier molecular flexibility index (Phi) is 3.44. The van der Waals surface area contributed by atoms with Gasteiger partial charge in [0.25, 0.3) is 5.84 Å². The third-order valence-electron chi connectivity index (χ3n) is 7.09. The topological polar surface area (TPSA) is 12.9 Å². The van der Waals surface area contributed by atoms with E-state index in [2.05, 4.69) is 12.1 Å². The molecule has 3 aromatic carbocycles. The summed E-state index contributed by atoms with van der Waals surface area (Å²) in [7, 11) is 0. The normalized spacial score (nSPS) is 16.2. The second kappa shape index (κ2) is 6.10. The number of aromatic nitrogens is 2. The van der Waals surface area contributed by atoms with Crippen LogP contribution in [0.4, 0.5) is 8.63 Å². The molecule has 0 aliphatic carbocycles. The minimum absolute atomic E-state index is 0.510. The highest BCUT2D eigenvalue weighted by Gasteiger charge is 2.51. The fourth-order valence-corrected chi connectivity index (χ4v) is 5.79. The fourth-order valence-electron chi connectivity index (χ4n) is 5.79. The van der Waals surface area contributed by atoms with Crippen molar-refractivity contribution in [2.24, 2.45) is 0 Å². The Hall–Kier alpha value is -3.93. The molecule has 0 saturated carbocycles. The number of benzene rings is 3. The van der Waals surface area contributed by atoms with Gasteiger partial charge in [0.15, 0.2) is 0 Å². The van der Waals surface area contributed by atoms with E-state index in [0.717, 1.165) is 38.5 Å². The third kappa shape index (κ3) is 2.20. The van der Waals surface area contributed by atoms with Crippen LogP contribution in [0.25, 0.3) is 33.6 Å². The first kappa shape index (κ1) is 18.6. The first-order valence-corrected chi connectivity index (χ1v) is 11.2. The van der Waals surface area contributed by atoms with Gasteiger partial charge < -0.3 is 17.6 Å². The van der Waals surface area contributed by atoms with Gasteiger partial charge in [-0.1, -0.05) is 36.4 Å². The van der Waals surface area contributed by atoms with Gasteiger partial charge in [0, 0.05) is 28.1 Å². The van der Waals surface area contributed by atoms with Crippen LogP contribution in [0.1, 0.15) is 28.1 Å². The zero-order valence-corrected chi connectivity index (χ0v) is 18.3. The molecule has 2 aliphatic heterocycles. The summed E-state index contributed by atoms with van der Waals surface area (Å²) in [5, 5.41) is 2.11. The van der Waals surface area contributed by atoms with E-state index in [1.165, 1.54) is 8.96 Å². The summed E-state index contributed by atoms with van der Waals surface area (Å²) in [5.74, 6) is 0.510. The number of aryl methyl sites for hydroxylation is 2. The van der Waals surface area contributed by atoms with Crippen molar-refractivity contribution >= 4 is 46.4 Å². The Balaban J connectivity index is 1.70. The predicted octanol–water partition coefficient (Wildman–Crippen LogP) is 6.27. The minimum Gasteiger partial charge on any atom is -0.420 e. The van der Waals surface area contributed by atoms with Crippen LogP contribution in [0.15, 0.2) is 78.9 Å². The van der Waals surface area contributed by atoms with Crippen LogP contribution < -0.4 is 0 Å². The Labute approximate surface area is 189 Å². The van der Waals surface area contributed by atoms with Crippen molar-refractivity contribution in [1.29, 1.82) is 0 Å². The van der Waals surface area contributed by atoms with E-state index >= 15 is 8.63 Å². The summed E-state index contributed by atoms with van der Waals surface area (Å²) in [6, 6.07) is 25.7. The van der Waals surface area contributed by atoms with Crippen molar-refractivity contribution in [2.75, 3.05) is 0 Å². The molecule has 2 aliphatic rings. The lowest BCUT2D eigenvalue weighted by Crippen LogP contribution is -2.51. The summed E-state index contributed by atoms with van der Waals surface area (Å²) in [6.45, 7) is -0.448. The van der Waals surface area contributed by atoms with E-state index in [-0.39, 0.29) is 0 Å². The number of rotatable bonds is 0. The molecule has 2 aromatic heterocycles. The Bertz CT molecular complexity index is 1670. The summed E-state index contributed by atoms with van der Waals surface area (Å²) < 4.78 is 37.5. The molecule has 0 amide bonds. The van der Waals surface area contributed by atoms with E-state index in [9.17, 15) is 0 Å². The Morgan fingerprint density at radius 2 is 1.33 bits per heavy atom. The maximum Gasteiger partial charge on any atom is 0.639 e. The molecule has 0 spiro atoms. The SMILES string of the molecule is Cc1cc(C)n2c1C=C1c3ccccc3C(n3c4ccccc4c4ccccc43)=[N+]1[B-]2(F)F. The standard InChI is InChI=1S/C27H20BF2N3/c1-17-15-18(2)32-25(17)16-26-21-11-3-4-12-22(21)27(33(26)28(32,29)30)31-23-13-7-5-9-19(23)20-10-6-8-14-24(20)31/h3-16H,1-2H3. The van der Waals surface area contributed by atoms with Gasteiger partial charge in [-0.25, -0.2) is 0 Å². The number of halogens is 2. The summed E-state index contributed by atoms with van der Waals surface area (Å²) in [6.07, 6.45) is 1.92. The molecule has 0 unspecified atom stereocenters. The smallest absolute Gasteiger partial charge is 0.420 e. The van der Waals surface area contributed by atoms with Crippen LogP contribution in [0.2, 0.25) is 0 Å². The van der Waals surface area contributed by atoms with Gasteiger partial charge in [0.2, 0.25) is 0 Å². The molecule has 0 fully saturated rings. The van der Waals surface area contributed by atoms with Crippen LogP contribution in [0.5, 0.6) is 0 Å². The Morgan fingerprint density at radius 1 is 0.758 bits per heavy atom. The average molecular weight is 435 g/mol. The van der Waals surface area contributed by atoms with Crippen LogP contribution in [-0.2, 0) is 0 Å². The van der Waals surface area contributed by atoms with Gasteiger partial charge in [0.1, 0.15) is 11.0 Å². The van der Waals surface area contributed by atoms with Crippen LogP contribution in [0, 0.1) is 13.8 Å². The average Bonchev–Trinajstić information content (AvgIpc) is 3.42. The van der Waals surface area contributed by atoms with Crippen LogP contribution in [-0.4, -0.2) is 26.3 Å². The number of hydrogen-bond acceptors (Lipinski definition) is 0. The van der Waals surface area contributed by atoms with Crippen LogP contribution >= 0.6 is 0 Å². The van der Waals surface area contributed by atoms with Crippen molar-refractivity contribution in [1.82, 2.24) is 9.05 Å². The zero-order valence-electron chi connectivity index (χ0n) is 18.3. The number of fused-ring (bicyclic) bond motifs is 7. The highest BCUT2D eigenvalue weighted by Crippen LogP contribution is 2.42. The third-order valence-corrected chi connectivity index (χ3v) is 7.09. The molecule has 160 valence electrons. The maximum absolute atomic E-state index is 16.5. The lowest BCUT2D eigenvalue weighted by Gasteiger charge is -2.34. The number of nitrogens with zero attached hydrogens (tertiary/aromatic N) is 3. The predicted molar refractivity (Wildman–Crippen MR) is 131 cm³/mol. The van der Waals surface area contributed by atoms with E-state index in [1.54, 1.807) is 6.92 Å². The van der Waals surface area contributed by atoms with Gasteiger partial charge in [-0.2, -0.15) is 4.57 Å². The largest absolute Gasteiger partial charge is 0.639 e. The first-order valence-electron chi connectivity index (χ1n) is 11.2. The summed E-state index contributed by atoms with van der Waals surface area (Å²) in [5.41, 5.74) is 6.07. The molecular formula is C27H20BF2N3. The lowest BCUT2D eigenvalue weighted by molar-refractivity contribution is -0.320. The molecule has 7 rings (SSSR count). The van der Waals surface area contributed by atoms with Crippen molar-refractivity contribution in [2.45, 2.75) is 13.8 Å². The molecule has 4 heterocycles. The molecule has 5 aromatic rings. The van der Waals surface area contributed by atoms with E-state index in [1.807, 2.05) is 84.3 Å². The highest BCUT2D eigenvalue weighted by molar-refractivity contribution is 6.59. The maximum atomic E-state index is 16.5. The molecule has 0 radical (unpaired) electrons. The first-order chi connectivity index (χ1) is 16.0. The lowest BCUT2D eigenvalue weighted by atomic mass is 9.90. The minimum atomic E-state index is -4.11.